The van der Waals surface area contributed by atoms with Crippen molar-refractivity contribution in [2.45, 2.75) is 33.2 Å². The normalized spacial score (nSPS) is 19.0. The number of nitrogens with zero attached hydrogens (tertiary/aromatic N) is 5. The lowest BCUT2D eigenvalue weighted by atomic mass is 10.1. The van der Waals surface area contributed by atoms with Crippen molar-refractivity contribution >= 4 is 11.7 Å². The molecule has 1 fully saturated rings. The van der Waals surface area contributed by atoms with E-state index in [4.69, 9.17) is 10.9 Å². The molecular formula is C14H26N6O. The Bertz CT molecular complexity index is 516. The predicted octanol–water partition coefficient (Wildman–Crippen LogP) is 0.744. The summed E-state index contributed by atoms with van der Waals surface area (Å²) in [4.78, 5) is 4.77. The fraction of sp³-hybridized carbons (Fsp3) is 0.714. The number of hydrogen-bond acceptors (Lipinski definition) is 5. The number of piperazine rings is 1. The minimum absolute atomic E-state index is 0.125. The first-order valence-electron chi connectivity index (χ1n) is 7.50. The van der Waals surface area contributed by atoms with Gasteiger partial charge in [0.15, 0.2) is 5.84 Å². The Kier molecular flexibility index (Phi) is 4.72. The number of aromatic nitrogens is 2. The van der Waals surface area contributed by atoms with E-state index in [2.05, 4.69) is 33.9 Å². The molecule has 1 aliphatic rings. The van der Waals surface area contributed by atoms with Gasteiger partial charge in [0.1, 0.15) is 5.82 Å². The minimum Gasteiger partial charge on any atom is -0.409 e. The van der Waals surface area contributed by atoms with E-state index >= 15 is 0 Å². The lowest BCUT2D eigenvalue weighted by molar-refractivity contribution is 0.192. The molecule has 0 bridgehead atoms. The molecule has 1 aliphatic heterocycles. The van der Waals surface area contributed by atoms with E-state index in [0.717, 1.165) is 43.3 Å². The molecule has 2 heterocycles. The molecule has 1 unspecified atom stereocenters. The second-order valence-corrected chi connectivity index (χ2v) is 5.67. The minimum atomic E-state index is 0.125. The number of hydrogen-bond donors (Lipinski definition) is 2. The number of aryl methyl sites for hydroxylation is 2. The zero-order valence-electron chi connectivity index (χ0n) is 13.4. The topological polar surface area (TPSA) is 82.9 Å². The molecule has 7 nitrogen and oxygen atoms in total. The van der Waals surface area contributed by atoms with Gasteiger partial charge in [-0.2, -0.15) is 5.10 Å². The van der Waals surface area contributed by atoms with Crippen molar-refractivity contribution in [3.63, 3.8) is 0 Å². The molecule has 1 saturated heterocycles. The standard InChI is InChI=1S/C14H26N6O/c1-5-10(2)19-6-8-20(9-7-19)14-12(13(15)17-21)11(3)16-18(14)4/h10,21H,5-9H2,1-4H3,(H2,15,17). The third kappa shape index (κ3) is 2.97. The van der Waals surface area contributed by atoms with Gasteiger partial charge in [0.2, 0.25) is 0 Å². The van der Waals surface area contributed by atoms with Crippen molar-refractivity contribution in [3.05, 3.63) is 11.3 Å². The van der Waals surface area contributed by atoms with Crippen molar-refractivity contribution in [2.24, 2.45) is 17.9 Å². The lowest BCUT2D eigenvalue weighted by Gasteiger charge is -2.39. The van der Waals surface area contributed by atoms with Gasteiger partial charge in [0.05, 0.1) is 11.3 Å². The maximum absolute atomic E-state index is 8.99. The van der Waals surface area contributed by atoms with Gasteiger partial charge in [0.25, 0.3) is 0 Å². The van der Waals surface area contributed by atoms with Crippen LogP contribution in [0.1, 0.15) is 31.5 Å². The van der Waals surface area contributed by atoms with Gasteiger partial charge in [-0.05, 0) is 20.3 Å². The molecule has 0 aliphatic carbocycles. The largest absolute Gasteiger partial charge is 0.409 e. The molecule has 0 saturated carbocycles. The zero-order chi connectivity index (χ0) is 15.6. The fourth-order valence-electron chi connectivity index (χ4n) is 2.99. The molecule has 1 atom stereocenters. The molecule has 0 radical (unpaired) electrons. The van der Waals surface area contributed by atoms with Crippen molar-refractivity contribution in [3.8, 4) is 0 Å². The van der Waals surface area contributed by atoms with E-state index in [9.17, 15) is 0 Å². The summed E-state index contributed by atoms with van der Waals surface area (Å²) < 4.78 is 1.82. The molecule has 0 spiro atoms. The van der Waals surface area contributed by atoms with Gasteiger partial charge < -0.3 is 15.8 Å². The Morgan fingerprint density at radius 3 is 2.52 bits per heavy atom. The zero-order valence-corrected chi connectivity index (χ0v) is 13.4. The summed E-state index contributed by atoms with van der Waals surface area (Å²) in [5, 5.41) is 16.6. The molecule has 118 valence electrons. The van der Waals surface area contributed by atoms with E-state index in [0.29, 0.717) is 6.04 Å². The Hall–Kier alpha value is -1.76. The van der Waals surface area contributed by atoms with E-state index in [1.54, 1.807) is 0 Å². The van der Waals surface area contributed by atoms with Crippen LogP contribution in [0.25, 0.3) is 0 Å². The average Bonchev–Trinajstić information content (AvgIpc) is 2.80. The van der Waals surface area contributed by atoms with Gasteiger partial charge in [0, 0.05) is 39.3 Å². The van der Waals surface area contributed by atoms with Crippen molar-refractivity contribution < 1.29 is 5.21 Å². The molecule has 21 heavy (non-hydrogen) atoms. The number of amidine groups is 1. The third-order valence-corrected chi connectivity index (χ3v) is 4.38. The number of rotatable bonds is 4. The van der Waals surface area contributed by atoms with Crippen molar-refractivity contribution in [1.82, 2.24) is 14.7 Å². The first-order valence-corrected chi connectivity index (χ1v) is 7.50. The SMILES string of the molecule is CCC(C)N1CCN(c2c(C(N)=NO)c(C)nn2C)CC1. The molecule has 1 aromatic heterocycles. The van der Waals surface area contributed by atoms with Crippen LogP contribution in [0, 0.1) is 6.92 Å². The average molecular weight is 294 g/mol. The Labute approximate surface area is 126 Å². The molecule has 3 N–H and O–H groups in total. The highest BCUT2D eigenvalue weighted by Gasteiger charge is 2.26. The summed E-state index contributed by atoms with van der Waals surface area (Å²) in [5.74, 6) is 1.06. The first-order chi connectivity index (χ1) is 9.99. The third-order valence-electron chi connectivity index (χ3n) is 4.38. The monoisotopic (exact) mass is 294 g/mol. The van der Waals surface area contributed by atoms with Crippen LogP contribution in [0.4, 0.5) is 5.82 Å². The highest BCUT2D eigenvalue weighted by Crippen LogP contribution is 2.24. The van der Waals surface area contributed by atoms with Gasteiger partial charge >= 0.3 is 0 Å². The second-order valence-electron chi connectivity index (χ2n) is 5.67. The maximum Gasteiger partial charge on any atom is 0.175 e. The maximum atomic E-state index is 8.99. The van der Waals surface area contributed by atoms with Gasteiger partial charge in [-0.25, -0.2) is 0 Å². The fourth-order valence-corrected chi connectivity index (χ4v) is 2.99. The van der Waals surface area contributed by atoms with Gasteiger partial charge in [-0.15, -0.1) is 0 Å². The predicted molar refractivity (Wildman–Crippen MR) is 84.0 cm³/mol. The quantitative estimate of drug-likeness (QED) is 0.370. The van der Waals surface area contributed by atoms with E-state index in [1.165, 1.54) is 6.42 Å². The highest BCUT2D eigenvalue weighted by molar-refractivity contribution is 6.02. The van der Waals surface area contributed by atoms with Crippen LogP contribution in [-0.2, 0) is 7.05 Å². The molecule has 7 heteroatoms. The number of anilines is 1. The van der Waals surface area contributed by atoms with Crippen LogP contribution in [0.3, 0.4) is 0 Å². The van der Waals surface area contributed by atoms with Crippen LogP contribution >= 0.6 is 0 Å². The van der Waals surface area contributed by atoms with Crippen molar-refractivity contribution in [1.29, 1.82) is 0 Å². The number of oxime groups is 1. The van der Waals surface area contributed by atoms with Gasteiger partial charge in [-0.1, -0.05) is 12.1 Å². The molecule has 1 aromatic rings. The first kappa shape index (κ1) is 15.6. The Morgan fingerprint density at radius 2 is 2.00 bits per heavy atom. The molecular weight excluding hydrogens is 268 g/mol. The summed E-state index contributed by atoms with van der Waals surface area (Å²) >= 11 is 0. The smallest absolute Gasteiger partial charge is 0.175 e. The van der Waals surface area contributed by atoms with Crippen LogP contribution < -0.4 is 10.6 Å². The molecule has 0 aromatic carbocycles. The summed E-state index contributed by atoms with van der Waals surface area (Å²) in [6, 6.07) is 0.615. The van der Waals surface area contributed by atoms with Crippen LogP contribution in [0.2, 0.25) is 0 Å². The second kappa shape index (κ2) is 6.34. The summed E-state index contributed by atoms with van der Waals surface area (Å²) in [6.45, 7) is 10.3. The summed E-state index contributed by atoms with van der Waals surface area (Å²) in [5.41, 5.74) is 7.34. The van der Waals surface area contributed by atoms with E-state index < -0.39 is 0 Å². The molecule has 2 rings (SSSR count). The molecule has 0 amide bonds. The number of nitrogens with two attached hydrogens (primary N) is 1. The van der Waals surface area contributed by atoms with Gasteiger partial charge in [-0.3, -0.25) is 9.58 Å². The van der Waals surface area contributed by atoms with E-state index in [1.807, 2.05) is 18.7 Å². The van der Waals surface area contributed by atoms with Crippen molar-refractivity contribution in [2.75, 3.05) is 31.1 Å². The Morgan fingerprint density at radius 1 is 1.38 bits per heavy atom. The summed E-state index contributed by atoms with van der Waals surface area (Å²) in [7, 11) is 1.90. The highest BCUT2D eigenvalue weighted by atomic mass is 16.4. The van der Waals surface area contributed by atoms with Crippen LogP contribution in [-0.4, -0.2) is 57.9 Å². The lowest BCUT2D eigenvalue weighted by Crippen LogP contribution is -2.50. The summed E-state index contributed by atoms with van der Waals surface area (Å²) in [6.07, 6.45) is 1.17. The van der Waals surface area contributed by atoms with Crippen LogP contribution in [0.5, 0.6) is 0 Å². The Balaban J connectivity index is 2.21. The van der Waals surface area contributed by atoms with E-state index in [-0.39, 0.29) is 5.84 Å². The van der Waals surface area contributed by atoms with Crippen LogP contribution in [0.15, 0.2) is 5.16 Å².